The third kappa shape index (κ3) is 2.54. The first kappa shape index (κ1) is 12.6. The molecule has 0 bridgehead atoms. The second-order valence-electron chi connectivity index (χ2n) is 3.72. The largest absolute Gasteiger partial charge is 0.416 e. The summed E-state index contributed by atoms with van der Waals surface area (Å²) in [6, 6.07) is 5.47. The minimum atomic E-state index is -4.40. The van der Waals surface area contributed by atoms with Crippen molar-refractivity contribution in [2.24, 2.45) is 0 Å². The van der Waals surface area contributed by atoms with Crippen LogP contribution in [0.1, 0.15) is 42.9 Å². The van der Waals surface area contributed by atoms with Crippen LogP contribution >= 0.6 is 0 Å². The zero-order chi connectivity index (χ0) is 12.3. The molecule has 86 valence electrons. The number of halogens is 3. The smallest absolute Gasteiger partial charge is 0.192 e. The van der Waals surface area contributed by atoms with Crippen LogP contribution in [0, 0.1) is 11.3 Å². The maximum absolute atomic E-state index is 12.8. The zero-order valence-electron chi connectivity index (χ0n) is 9.10. The molecule has 0 aromatic heterocycles. The van der Waals surface area contributed by atoms with E-state index in [1.165, 1.54) is 12.1 Å². The standard InChI is InChI=1S/C12H12F3N/c1-3-8(2)10-5-4-9(7-16)6-11(10)12(13,14)15/h4-6,8H,3H2,1-2H3. The molecule has 0 spiro atoms. The van der Waals surface area contributed by atoms with Crippen LogP contribution in [0.15, 0.2) is 18.2 Å². The molecule has 0 amide bonds. The topological polar surface area (TPSA) is 23.8 Å². The Bertz CT molecular complexity index is 415. The first-order valence-corrected chi connectivity index (χ1v) is 5.01. The van der Waals surface area contributed by atoms with Crippen molar-refractivity contribution in [1.29, 1.82) is 5.26 Å². The molecule has 0 aliphatic rings. The fraction of sp³-hybridized carbons (Fsp3) is 0.417. The fourth-order valence-electron chi connectivity index (χ4n) is 1.52. The molecular formula is C12H12F3N. The average molecular weight is 227 g/mol. The molecular weight excluding hydrogens is 215 g/mol. The van der Waals surface area contributed by atoms with E-state index in [-0.39, 0.29) is 17.0 Å². The van der Waals surface area contributed by atoms with Gasteiger partial charge in [-0.05, 0) is 30.0 Å². The van der Waals surface area contributed by atoms with Crippen molar-refractivity contribution in [1.82, 2.24) is 0 Å². The molecule has 0 heterocycles. The van der Waals surface area contributed by atoms with Crippen LogP contribution in [-0.2, 0) is 6.18 Å². The highest BCUT2D eigenvalue weighted by Crippen LogP contribution is 2.36. The van der Waals surface area contributed by atoms with Gasteiger partial charge in [-0.2, -0.15) is 18.4 Å². The Morgan fingerprint density at radius 3 is 2.44 bits per heavy atom. The van der Waals surface area contributed by atoms with E-state index in [0.29, 0.717) is 6.42 Å². The van der Waals surface area contributed by atoms with Crippen LogP contribution in [-0.4, -0.2) is 0 Å². The third-order valence-electron chi connectivity index (χ3n) is 2.63. The number of hydrogen-bond acceptors (Lipinski definition) is 1. The highest BCUT2D eigenvalue weighted by Gasteiger charge is 2.34. The fourth-order valence-corrected chi connectivity index (χ4v) is 1.52. The van der Waals surface area contributed by atoms with E-state index >= 15 is 0 Å². The lowest BCUT2D eigenvalue weighted by Crippen LogP contribution is -2.11. The van der Waals surface area contributed by atoms with E-state index in [2.05, 4.69) is 0 Å². The lowest BCUT2D eigenvalue weighted by molar-refractivity contribution is -0.138. The van der Waals surface area contributed by atoms with Gasteiger partial charge >= 0.3 is 6.18 Å². The molecule has 1 unspecified atom stereocenters. The first-order valence-electron chi connectivity index (χ1n) is 5.01. The minimum Gasteiger partial charge on any atom is -0.192 e. The van der Waals surface area contributed by atoms with Gasteiger partial charge in [-0.15, -0.1) is 0 Å². The van der Waals surface area contributed by atoms with Crippen LogP contribution in [0.3, 0.4) is 0 Å². The monoisotopic (exact) mass is 227 g/mol. The molecule has 0 aliphatic heterocycles. The maximum atomic E-state index is 12.8. The van der Waals surface area contributed by atoms with Crippen molar-refractivity contribution < 1.29 is 13.2 Å². The number of alkyl halides is 3. The van der Waals surface area contributed by atoms with Crippen molar-refractivity contribution in [3.63, 3.8) is 0 Å². The quantitative estimate of drug-likeness (QED) is 0.746. The predicted molar refractivity (Wildman–Crippen MR) is 54.9 cm³/mol. The van der Waals surface area contributed by atoms with E-state index in [0.717, 1.165) is 6.07 Å². The Morgan fingerprint density at radius 2 is 2.00 bits per heavy atom. The van der Waals surface area contributed by atoms with Gasteiger partial charge in [-0.25, -0.2) is 0 Å². The summed E-state index contributed by atoms with van der Waals surface area (Å²) < 4.78 is 38.3. The van der Waals surface area contributed by atoms with Gasteiger partial charge < -0.3 is 0 Å². The predicted octanol–water partition coefficient (Wildman–Crippen LogP) is 4.09. The summed E-state index contributed by atoms with van der Waals surface area (Å²) in [6.07, 6.45) is -3.76. The van der Waals surface area contributed by atoms with Crippen LogP contribution in [0.5, 0.6) is 0 Å². The van der Waals surface area contributed by atoms with E-state index in [9.17, 15) is 13.2 Å². The first-order chi connectivity index (χ1) is 7.40. The van der Waals surface area contributed by atoms with Gasteiger partial charge in [0.2, 0.25) is 0 Å². The average Bonchev–Trinajstić information content (AvgIpc) is 2.26. The Balaban J connectivity index is 3.34. The summed E-state index contributed by atoms with van der Waals surface area (Å²) in [5, 5.41) is 8.60. The molecule has 1 rings (SSSR count). The summed E-state index contributed by atoms with van der Waals surface area (Å²) in [5.74, 6) is -0.163. The molecule has 0 saturated carbocycles. The van der Waals surface area contributed by atoms with Crippen LogP contribution in [0.2, 0.25) is 0 Å². The molecule has 0 radical (unpaired) electrons. The van der Waals surface area contributed by atoms with Gasteiger partial charge in [-0.1, -0.05) is 19.9 Å². The van der Waals surface area contributed by atoms with Crippen molar-refractivity contribution >= 4 is 0 Å². The van der Waals surface area contributed by atoms with Gasteiger partial charge in [0.1, 0.15) is 0 Å². The Morgan fingerprint density at radius 1 is 1.38 bits per heavy atom. The minimum absolute atomic E-state index is 0.0411. The number of hydrogen-bond donors (Lipinski definition) is 0. The Kier molecular flexibility index (Phi) is 3.58. The SMILES string of the molecule is CCC(C)c1ccc(C#N)cc1C(F)(F)F. The number of nitriles is 1. The number of rotatable bonds is 2. The van der Waals surface area contributed by atoms with Gasteiger partial charge in [0, 0.05) is 0 Å². The molecule has 0 N–H and O–H groups in total. The molecule has 1 aromatic rings. The van der Waals surface area contributed by atoms with Gasteiger partial charge in [0.05, 0.1) is 17.2 Å². The molecule has 16 heavy (non-hydrogen) atoms. The van der Waals surface area contributed by atoms with Crippen molar-refractivity contribution in [3.05, 3.63) is 34.9 Å². The van der Waals surface area contributed by atoms with E-state index in [4.69, 9.17) is 5.26 Å². The molecule has 1 atom stereocenters. The number of nitrogens with zero attached hydrogens (tertiary/aromatic N) is 1. The van der Waals surface area contributed by atoms with Crippen LogP contribution < -0.4 is 0 Å². The highest BCUT2D eigenvalue weighted by atomic mass is 19.4. The van der Waals surface area contributed by atoms with E-state index in [1.807, 2.05) is 6.92 Å². The molecule has 0 fully saturated rings. The summed E-state index contributed by atoms with van der Waals surface area (Å²) in [6.45, 7) is 3.58. The van der Waals surface area contributed by atoms with Gasteiger partial charge in [-0.3, -0.25) is 0 Å². The Labute approximate surface area is 92.5 Å². The van der Waals surface area contributed by atoms with Crippen LogP contribution in [0.25, 0.3) is 0 Å². The third-order valence-corrected chi connectivity index (χ3v) is 2.63. The normalized spacial score (nSPS) is 13.2. The summed E-state index contributed by atoms with van der Waals surface area (Å²) >= 11 is 0. The second-order valence-corrected chi connectivity index (χ2v) is 3.72. The van der Waals surface area contributed by atoms with Gasteiger partial charge in [0.15, 0.2) is 0 Å². The molecule has 0 saturated heterocycles. The van der Waals surface area contributed by atoms with Crippen molar-refractivity contribution in [2.75, 3.05) is 0 Å². The molecule has 1 aromatic carbocycles. The summed E-state index contributed by atoms with van der Waals surface area (Å²) in [7, 11) is 0. The molecule has 1 nitrogen and oxygen atoms in total. The Hall–Kier alpha value is -1.50. The number of benzene rings is 1. The second kappa shape index (κ2) is 4.56. The van der Waals surface area contributed by atoms with E-state index < -0.39 is 11.7 Å². The highest BCUT2D eigenvalue weighted by molar-refractivity contribution is 5.41. The summed E-state index contributed by atoms with van der Waals surface area (Å²) in [5.41, 5.74) is -0.394. The summed E-state index contributed by atoms with van der Waals surface area (Å²) in [4.78, 5) is 0. The lowest BCUT2D eigenvalue weighted by Gasteiger charge is -2.17. The molecule has 0 aliphatic carbocycles. The molecule has 4 heteroatoms. The van der Waals surface area contributed by atoms with E-state index in [1.54, 1.807) is 13.0 Å². The van der Waals surface area contributed by atoms with Crippen molar-refractivity contribution in [2.45, 2.75) is 32.4 Å². The van der Waals surface area contributed by atoms with Gasteiger partial charge in [0.25, 0.3) is 0 Å². The van der Waals surface area contributed by atoms with Crippen molar-refractivity contribution in [3.8, 4) is 6.07 Å². The van der Waals surface area contributed by atoms with Crippen LogP contribution in [0.4, 0.5) is 13.2 Å². The maximum Gasteiger partial charge on any atom is 0.416 e. The lowest BCUT2D eigenvalue weighted by atomic mass is 9.92. The zero-order valence-corrected chi connectivity index (χ0v) is 9.10.